The van der Waals surface area contributed by atoms with Crippen molar-refractivity contribution >= 4 is 22.5 Å². The first-order valence-corrected chi connectivity index (χ1v) is 11.6. The number of hydrogen-bond acceptors (Lipinski definition) is 5. The van der Waals surface area contributed by atoms with Gasteiger partial charge in [-0.1, -0.05) is 24.3 Å². The van der Waals surface area contributed by atoms with Gasteiger partial charge >= 0.3 is 0 Å². The van der Waals surface area contributed by atoms with Crippen molar-refractivity contribution < 1.29 is 5.11 Å². The summed E-state index contributed by atoms with van der Waals surface area (Å²) < 4.78 is 0. The lowest BCUT2D eigenvalue weighted by molar-refractivity contribution is 0.114. The third kappa shape index (κ3) is 4.89. The lowest BCUT2D eigenvalue weighted by Crippen LogP contribution is -2.62. The summed E-state index contributed by atoms with van der Waals surface area (Å²) in [7, 11) is 1.95. The van der Waals surface area contributed by atoms with Gasteiger partial charge in [0, 0.05) is 40.7 Å². The summed E-state index contributed by atoms with van der Waals surface area (Å²) in [6.45, 7) is 8.79. The number of piperidine rings is 1. The van der Waals surface area contributed by atoms with Crippen LogP contribution in [0.1, 0.15) is 46.1 Å². The van der Waals surface area contributed by atoms with Gasteiger partial charge in [0.1, 0.15) is 11.6 Å². The van der Waals surface area contributed by atoms with Gasteiger partial charge in [-0.3, -0.25) is 10.5 Å². The Bertz CT molecular complexity index is 1250. The molecule has 0 unspecified atom stereocenters. The van der Waals surface area contributed by atoms with E-state index in [4.69, 9.17) is 10.8 Å². The van der Waals surface area contributed by atoms with Gasteiger partial charge in [0.2, 0.25) is 0 Å². The predicted octanol–water partition coefficient (Wildman–Crippen LogP) is 5.08. The molecule has 1 aliphatic heterocycles. The average Bonchev–Trinajstić information content (AvgIpc) is 3.23. The number of aromatic nitrogens is 2. The zero-order valence-electron chi connectivity index (χ0n) is 20.5. The summed E-state index contributed by atoms with van der Waals surface area (Å²) in [6.07, 6.45) is 6.87. The fraction of sp³-hybridized carbons (Fsp3) is 0.370. The summed E-state index contributed by atoms with van der Waals surface area (Å²) in [5.74, 6) is 0.385. The number of rotatable bonds is 5. The summed E-state index contributed by atoms with van der Waals surface area (Å²) >= 11 is 0. The van der Waals surface area contributed by atoms with Crippen LogP contribution in [-0.4, -0.2) is 55.9 Å². The molecule has 7 nitrogen and oxygen atoms in total. The predicted molar refractivity (Wildman–Crippen MR) is 139 cm³/mol. The summed E-state index contributed by atoms with van der Waals surface area (Å²) in [5.41, 5.74) is 3.26. The molecule has 1 aromatic heterocycles. The third-order valence-corrected chi connectivity index (χ3v) is 6.58. The Hall–Kier alpha value is -3.45. The number of phenolic OH excluding ortho intramolecular Hbond substituents is 1. The molecule has 0 spiro atoms. The molecule has 1 saturated heterocycles. The number of aromatic hydroxyl groups is 1. The Morgan fingerprint density at radius 2 is 1.79 bits per heavy atom. The maximum atomic E-state index is 10.7. The molecule has 0 atom stereocenters. The lowest BCUT2D eigenvalue weighted by atomic mass is 9.79. The molecule has 2 aromatic carbocycles. The van der Waals surface area contributed by atoms with Crippen molar-refractivity contribution in [1.29, 1.82) is 10.8 Å². The first-order valence-electron chi connectivity index (χ1n) is 11.6. The monoisotopic (exact) mass is 458 g/mol. The first-order chi connectivity index (χ1) is 16.0. The highest BCUT2D eigenvalue weighted by atomic mass is 16.3. The maximum Gasteiger partial charge on any atom is 0.125 e. The number of H-pyrrole nitrogens is 1. The fourth-order valence-electron chi connectivity index (χ4n) is 5.24. The number of amidine groups is 1. The van der Waals surface area contributed by atoms with Crippen molar-refractivity contribution in [3.8, 4) is 16.9 Å². The van der Waals surface area contributed by atoms with Crippen molar-refractivity contribution in [3.05, 3.63) is 60.3 Å². The minimum atomic E-state index is -0.00850. The maximum absolute atomic E-state index is 10.7. The van der Waals surface area contributed by atoms with E-state index in [1.54, 1.807) is 30.5 Å². The summed E-state index contributed by atoms with van der Waals surface area (Å²) in [4.78, 5) is 1.99. The van der Waals surface area contributed by atoms with E-state index in [1.807, 2.05) is 36.2 Å². The van der Waals surface area contributed by atoms with Crippen LogP contribution in [0.4, 0.5) is 0 Å². The van der Waals surface area contributed by atoms with Crippen molar-refractivity contribution in [2.24, 2.45) is 0 Å². The van der Waals surface area contributed by atoms with Gasteiger partial charge in [-0.25, -0.2) is 0 Å². The molecule has 5 N–H and O–H groups in total. The topological polar surface area (TPSA) is 112 Å². The highest BCUT2D eigenvalue weighted by Crippen LogP contribution is 2.32. The van der Waals surface area contributed by atoms with E-state index in [1.165, 1.54) is 0 Å². The molecule has 0 aliphatic carbocycles. The lowest BCUT2D eigenvalue weighted by Gasteiger charge is -2.49. The zero-order valence-corrected chi connectivity index (χ0v) is 20.5. The molecule has 7 heteroatoms. The highest BCUT2D eigenvalue weighted by Gasteiger charge is 2.39. The number of fused-ring (bicyclic) bond motifs is 1. The van der Waals surface area contributed by atoms with Gasteiger partial charge in [0.05, 0.1) is 17.4 Å². The van der Waals surface area contributed by atoms with Gasteiger partial charge in [0.25, 0.3) is 0 Å². The van der Waals surface area contributed by atoms with Crippen LogP contribution in [0.5, 0.6) is 5.75 Å². The molecule has 34 heavy (non-hydrogen) atoms. The highest BCUT2D eigenvalue weighted by molar-refractivity contribution is 6.11. The van der Waals surface area contributed by atoms with E-state index < -0.39 is 0 Å². The molecule has 0 bridgehead atoms. The van der Waals surface area contributed by atoms with Crippen LogP contribution in [0, 0.1) is 10.8 Å². The average molecular weight is 459 g/mol. The van der Waals surface area contributed by atoms with Crippen LogP contribution in [0.3, 0.4) is 0 Å². The molecule has 2 heterocycles. The second kappa shape index (κ2) is 8.72. The number of aromatic amines is 1. The number of nitrogens with zero attached hydrogens (tertiary/aromatic N) is 2. The molecule has 0 saturated carbocycles. The van der Waals surface area contributed by atoms with E-state index in [2.05, 4.69) is 43.2 Å². The Labute approximate surface area is 200 Å². The zero-order chi connectivity index (χ0) is 24.7. The standard InChI is InChI=1S/C27H34N6O/c1-26(2)14-19(15-27(3,4)32-26)33(5)24(29)12-11-22(28)21-10-9-17(13-23(21)34)20-8-6-7-18-16-30-31-25(18)20/h6-13,16,19,28-29,32,34H,14-15H2,1-5H3,(H,30,31)/b12-11-,28-22?,29-24?. The van der Waals surface area contributed by atoms with Crippen LogP contribution in [0.25, 0.3) is 22.0 Å². The molecule has 0 amide bonds. The van der Waals surface area contributed by atoms with Crippen molar-refractivity contribution in [2.45, 2.75) is 57.7 Å². The van der Waals surface area contributed by atoms with Gasteiger partial charge in [-0.2, -0.15) is 5.10 Å². The molecule has 0 radical (unpaired) electrons. The quantitative estimate of drug-likeness (QED) is 0.271. The number of para-hydroxylation sites is 1. The second-order valence-electron chi connectivity index (χ2n) is 10.6. The number of nitrogens with one attached hydrogen (secondary N) is 4. The molecule has 1 aliphatic rings. The van der Waals surface area contributed by atoms with Crippen molar-refractivity contribution in [1.82, 2.24) is 20.4 Å². The van der Waals surface area contributed by atoms with E-state index in [-0.39, 0.29) is 28.6 Å². The summed E-state index contributed by atoms with van der Waals surface area (Å²) in [5, 5.41) is 39.5. The number of allylic oxidation sites excluding steroid dienone is 1. The molecule has 3 aromatic rings. The third-order valence-electron chi connectivity index (χ3n) is 6.58. The Morgan fingerprint density at radius 1 is 1.09 bits per heavy atom. The number of phenols is 1. The van der Waals surface area contributed by atoms with E-state index in [0.29, 0.717) is 11.4 Å². The van der Waals surface area contributed by atoms with Crippen LogP contribution in [-0.2, 0) is 0 Å². The van der Waals surface area contributed by atoms with Crippen LogP contribution >= 0.6 is 0 Å². The molecule has 1 fully saturated rings. The molecule has 4 rings (SSSR count). The Kier molecular flexibility index (Phi) is 6.08. The Balaban J connectivity index is 1.48. The van der Waals surface area contributed by atoms with Crippen LogP contribution in [0.15, 0.2) is 54.7 Å². The molecular weight excluding hydrogens is 424 g/mol. The number of likely N-dealkylation sites (N-methyl/N-ethyl adjacent to an activating group) is 1. The van der Waals surface area contributed by atoms with Gasteiger partial charge in [-0.15, -0.1) is 0 Å². The largest absolute Gasteiger partial charge is 0.507 e. The van der Waals surface area contributed by atoms with Gasteiger partial charge in [0.15, 0.2) is 0 Å². The normalized spacial score (nSPS) is 17.8. The smallest absolute Gasteiger partial charge is 0.125 e. The Morgan fingerprint density at radius 3 is 2.47 bits per heavy atom. The van der Waals surface area contributed by atoms with E-state index >= 15 is 0 Å². The SMILES string of the molecule is CN(C(=N)/C=C\C(=N)c1ccc(-c2cccc3cn[nH]c23)cc1O)C1CC(C)(C)NC(C)(C)C1. The van der Waals surface area contributed by atoms with E-state index in [0.717, 1.165) is 34.9 Å². The second-order valence-corrected chi connectivity index (χ2v) is 10.6. The first kappa shape index (κ1) is 23.7. The summed E-state index contributed by atoms with van der Waals surface area (Å²) in [6, 6.07) is 11.5. The van der Waals surface area contributed by atoms with Crippen LogP contribution < -0.4 is 5.32 Å². The van der Waals surface area contributed by atoms with Crippen molar-refractivity contribution in [3.63, 3.8) is 0 Å². The minimum absolute atomic E-state index is 0.00850. The fourth-order valence-corrected chi connectivity index (χ4v) is 5.24. The van der Waals surface area contributed by atoms with Gasteiger partial charge in [-0.05, 0) is 70.4 Å². The van der Waals surface area contributed by atoms with Crippen LogP contribution in [0.2, 0.25) is 0 Å². The van der Waals surface area contributed by atoms with Crippen molar-refractivity contribution in [2.75, 3.05) is 7.05 Å². The van der Waals surface area contributed by atoms with Gasteiger partial charge < -0.3 is 20.7 Å². The number of benzene rings is 2. The number of hydrogen-bond donors (Lipinski definition) is 5. The van der Waals surface area contributed by atoms with E-state index in [9.17, 15) is 5.11 Å². The molecular formula is C27H34N6O. The minimum Gasteiger partial charge on any atom is -0.507 e. The molecule has 178 valence electrons.